The van der Waals surface area contributed by atoms with Gasteiger partial charge in [-0.15, -0.1) is 0 Å². The summed E-state index contributed by atoms with van der Waals surface area (Å²) in [7, 11) is 1.74. The van der Waals surface area contributed by atoms with E-state index in [2.05, 4.69) is 41.1 Å². The first-order chi connectivity index (χ1) is 12.2. The van der Waals surface area contributed by atoms with Crippen molar-refractivity contribution in [3.63, 3.8) is 0 Å². The lowest BCUT2D eigenvalue weighted by Gasteiger charge is -2.24. The number of nitrogens with one attached hydrogen (secondary N) is 1. The van der Waals surface area contributed by atoms with Crippen LogP contribution < -0.4 is 14.8 Å². The molecule has 1 aromatic heterocycles. The van der Waals surface area contributed by atoms with Gasteiger partial charge in [-0.2, -0.15) is 5.10 Å². The molecule has 1 aliphatic heterocycles. The van der Waals surface area contributed by atoms with Crippen molar-refractivity contribution in [2.75, 3.05) is 7.11 Å². The van der Waals surface area contributed by atoms with Gasteiger partial charge in [-0.3, -0.25) is 4.68 Å². The van der Waals surface area contributed by atoms with Crippen molar-refractivity contribution in [3.8, 4) is 11.5 Å². The number of benzene rings is 1. The van der Waals surface area contributed by atoms with Gasteiger partial charge in [-0.1, -0.05) is 0 Å². The van der Waals surface area contributed by atoms with Crippen molar-refractivity contribution >= 4 is 0 Å². The normalized spacial score (nSPS) is 21.6. The summed E-state index contributed by atoms with van der Waals surface area (Å²) in [6.45, 7) is 5.98. The Morgan fingerprint density at radius 2 is 2.28 bits per heavy atom. The fourth-order valence-corrected chi connectivity index (χ4v) is 4.15. The number of aromatic nitrogens is 2. The summed E-state index contributed by atoms with van der Waals surface area (Å²) >= 11 is 0. The summed E-state index contributed by atoms with van der Waals surface area (Å²) in [5, 5.41) is 8.26. The van der Waals surface area contributed by atoms with Gasteiger partial charge in [-0.25, -0.2) is 0 Å². The highest BCUT2D eigenvalue weighted by Crippen LogP contribution is 2.36. The largest absolute Gasteiger partial charge is 0.496 e. The fourth-order valence-electron chi connectivity index (χ4n) is 4.15. The van der Waals surface area contributed by atoms with Crippen LogP contribution in [0.3, 0.4) is 0 Å². The van der Waals surface area contributed by atoms with Gasteiger partial charge in [0.1, 0.15) is 17.6 Å². The van der Waals surface area contributed by atoms with Crippen LogP contribution in [0, 0.1) is 0 Å². The molecule has 2 atom stereocenters. The summed E-state index contributed by atoms with van der Waals surface area (Å²) in [4.78, 5) is 0. The van der Waals surface area contributed by atoms with Crippen LogP contribution in [-0.4, -0.2) is 23.0 Å². The van der Waals surface area contributed by atoms with Gasteiger partial charge >= 0.3 is 0 Å². The van der Waals surface area contributed by atoms with Gasteiger partial charge in [0, 0.05) is 47.9 Å². The van der Waals surface area contributed by atoms with Gasteiger partial charge in [0.05, 0.1) is 13.3 Å². The minimum absolute atomic E-state index is 0.253. The van der Waals surface area contributed by atoms with Crippen LogP contribution in [0.1, 0.15) is 55.1 Å². The molecule has 0 spiro atoms. The Bertz CT molecular complexity index is 769. The molecule has 1 aliphatic carbocycles. The van der Waals surface area contributed by atoms with Gasteiger partial charge in [0.25, 0.3) is 0 Å². The fraction of sp³-hybridized carbons (Fsp3) is 0.550. The lowest BCUT2D eigenvalue weighted by Crippen LogP contribution is -2.25. The molecule has 5 nitrogen and oxygen atoms in total. The molecule has 2 unspecified atom stereocenters. The molecule has 0 saturated carbocycles. The van der Waals surface area contributed by atoms with Crippen LogP contribution in [0.5, 0.6) is 11.5 Å². The van der Waals surface area contributed by atoms with E-state index in [1.807, 2.05) is 6.20 Å². The number of nitrogens with zero attached hydrogens (tertiary/aromatic N) is 2. The van der Waals surface area contributed by atoms with Crippen LogP contribution in [0.2, 0.25) is 0 Å². The molecule has 0 fully saturated rings. The summed E-state index contributed by atoms with van der Waals surface area (Å²) in [5.74, 6) is 1.96. The molecule has 2 aromatic rings. The summed E-state index contributed by atoms with van der Waals surface area (Å²) in [6.07, 6.45) is 6.75. The Kier molecular flexibility index (Phi) is 4.42. The number of rotatable bonds is 5. The maximum absolute atomic E-state index is 5.92. The number of ether oxygens (including phenoxy) is 2. The monoisotopic (exact) mass is 341 g/mol. The molecule has 1 aromatic carbocycles. The zero-order valence-electron chi connectivity index (χ0n) is 15.3. The Hall–Kier alpha value is -2.01. The lowest BCUT2D eigenvalue weighted by molar-refractivity contribution is 0.254. The predicted molar refractivity (Wildman–Crippen MR) is 97.2 cm³/mol. The van der Waals surface area contributed by atoms with E-state index in [1.54, 1.807) is 7.11 Å². The average Bonchev–Trinajstić information content (AvgIpc) is 3.20. The molecular weight excluding hydrogens is 314 g/mol. The van der Waals surface area contributed by atoms with Crippen molar-refractivity contribution in [3.05, 3.63) is 40.7 Å². The molecule has 5 heteroatoms. The first-order valence-corrected chi connectivity index (χ1v) is 9.34. The lowest BCUT2D eigenvalue weighted by atomic mass is 9.92. The first kappa shape index (κ1) is 16.5. The molecule has 4 rings (SSSR count). The zero-order valence-corrected chi connectivity index (χ0v) is 15.3. The van der Waals surface area contributed by atoms with Crippen molar-refractivity contribution < 1.29 is 9.47 Å². The van der Waals surface area contributed by atoms with E-state index >= 15 is 0 Å². The second kappa shape index (κ2) is 6.71. The van der Waals surface area contributed by atoms with Crippen LogP contribution in [0.15, 0.2) is 18.3 Å². The van der Waals surface area contributed by atoms with Crippen LogP contribution >= 0.6 is 0 Å². The third-order valence-electron chi connectivity index (χ3n) is 5.40. The topological polar surface area (TPSA) is 48.3 Å². The Labute approximate surface area is 149 Å². The average molecular weight is 341 g/mol. The minimum atomic E-state index is 0.253. The Balaban J connectivity index is 1.53. The van der Waals surface area contributed by atoms with Crippen LogP contribution in [0.4, 0.5) is 0 Å². The summed E-state index contributed by atoms with van der Waals surface area (Å²) < 4.78 is 13.7. The van der Waals surface area contributed by atoms with E-state index in [4.69, 9.17) is 9.47 Å². The molecule has 0 bridgehead atoms. The maximum atomic E-state index is 5.92. The molecular formula is C20H27N3O2. The van der Waals surface area contributed by atoms with Crippen molar-refractivity contribution in [2.45, 2.75) is 64.8 Å². The number of hydrogen-bond acceptors (Lipinski definition) is 4. The first-order valence-electron chi connectivity index (χ1n) is 9.34. The second-order valence-corrected chi connectivity index (χ2v) is 7.09. The van der Waals surface area contributed by atoms with E-state index in [0.717, 1.165) is 49.4 Å². The quantitative estimate of drug-likeness (QED) is 0.905. The number of aryl methyl sites for hydroxylation is 1. The highest BCUT2D eigenvalue weighted by molar-refractivity contribution is 5.48. The van der Waals surface area contributed by atoms with Crippen molar-refractivity contribution in [2.24, 2.45) is 0 Å². The molecule has 0 saturated heterocycles. The van der Waals surface area contributed by atoms with E-state index in [0.29, 0.717) is 6.04 Å². The summed E-state index contributed by atoms with van der Waals surface area (Å²) in [5.41, 5.74) is 5.16. The SMILES string of the molecule is CCn1ncc2c1CCCC2NCc1cc2c(cc1OC)CC(C)O2. The zero-order chi connectivity index (χ0) is 17.4. The smallest absolute Gasteiger partial charge is 0.123 e. The summed E-state index contributed by atoms with van der Waals surface area (Å²) in [6, 6.07) is 4.64. The maximum Gasteiger partial charge on any atom is 0.123 e. The molecule has 1 N–H and O–H groups in total. The number of methoxy groups -OCH3 is 1. The molecule has 0 radical (unpaired) electrons. The van der Waals surface area contributed by atoms with Gasteiger partial charge < -0.3 is 14.8 Å². The Morgan fingerprint density at radius 1 is 1.40 bits per heavy atom. The van der Waals surface area contributed by atoms with Gasteiger partial charge in [0.2, 0.25) is 0 Å². The molecule has 0 amide bonds. The highest BCUT2D eigenvalue weighted by atomic mass is 16.5. The van der Waals surface area contributed by atoms with Gasteiger partial charge in [0.15, 0.2) is 0 Å². The van der Waals surface area contributed by atoms with Crippen molar-refractivity contribution in [1.82, 2.24) is 15.1 Å². The molecule has 2 aliphatic rings. The van der Waals surface area contributed by atoms with E-state index < -0.39 is 0 Å². The van der Waals surface area contributed by atoms with Crippen molar-refractivity contribution in [1.29, 1.82) is 0 Å². The van der Waals surface area contributed by atoms with E-state index in [1.165, 1.54) is 23.2 Å². The van der Waals surface area contributed by atoms with Crippen LogP contribution in [-0.2, 0) is 25.9 Å². The number of fused-ring (bicyclic) bond motifs is 2. The predicted octanol–water partition coefficient (Wildman–Crippen LogP) is 3.40. The van der Waals surface area contributed by atoms with Gasteiger partial charge in [-0.05, 0) is 45.2 Å². The van der Waals surface area contributed by atoms with Crippen LogP contribution in [0.25, 0.3) is 0 Å². The van der Waals surface area contributed by atoms with E-state index in [-0.39, 0.29) is 6.10 Å². The highest BCUT2D eigenvalue weighted by Gasteiger charge is 2.25. The standard InChI is InChI=1S/C20H27N3O2/c1-4-23-18-7-5-6-17(16(18)12-22-23)21-11-15-10-20-14(8-13(2)25-20)9-19(15)24-3/h9-10,12-13,17,21H,4-8,11H2,1-3H3. The minimum Gasteiger partial charge on any atom is -0.496 e. The van der Waals surface area contributed by atoms with E-state index in [9.17, 15) is 0 Å². The molecule has 25 heavy (non-hydrogen) atoms. The second-order valence-electron chi connectivity index (χ2n) is 7.09. The third-order valence-corrected chi connectivity index (χ3v) is 5.40. The molecule has 134 valence electrons. The third kappa shape index (κ3) is 3.01. The number of hydrogen-bond donors (Lipinski definition) is 1. The Morgan fingerprint density at radius 3 is 3.08 bits per heavy atom. The molecule has 2 heterocycles.